The van der Waals surface area contributed by atoms with Crippen molar-refractivity contribution in [3.8, 4) is 0 Å². The van der Waals surface area contributed by atoms with Gasteiger partial charge in [0.1, 0.15) is 5.76 Å². The van der Waals surface area contributed by atoms with Crippen LogP contribution in [0.15, 0.2) is 33.9 Å². The number of aromatic carboxylic acids is 1. The molecular weight excluding hydrogens is 320 g/mol. The molecule has 1 aromatic carbocycles. The molecule has 0 fully saturated rings. The number of nitrogens with one attached hydrogen (secondary N) is 1. The van der Waals surface area contributed by atoms with Crippen LogP contribution >= 0.6 is 11.6 Å². The van der Waals surface area contributed by atoms with Crippen molar-refractivity contribution in [3.05, 3.63) is 46.6 Å². The van der Waals surface area contributed by atoms with Gasteiger partial charge in [-0.05, 0) is 25.1 Å². The van der Waals surface area contributed by atoms with Gasteiger partial charge in [-0.1, -0.05) is 11.6 Å². The van der Waals surface area contributed by atoms with Crippen LogP contribution in [0.25, 0.3) is 0 Å². The van der Waals surface area contributed by atoms with Crippen LogP contribution < -0.4 is 4.72 Å². The third-order valence-corrected chi connectivity index (χ3v) is 4.47. The summed E-state index contributed by atoms with van der Waals surface area (Å²) in [4.78, 5) is 14.6. The fourth-order valence-electron chi connectivity index (χ4n) is 1.58. The molecule has 0 atom stereocenters. The van der Waals surface area contributed by atoms with E-state index in [-0.39, 0.29) is 22.0 Å². The number of nitrogens with zero attached hydrogens (tertiary/aromatic N) is 1. The maximum Gasteiger partial charge on any atom is 0.337 e. The molecule has 0 radical (unpaired) electrons. The predicted octanol–water partition coefficient (Wildman–Crippen LogP) is 1.81. The Labute approximate surface area is 125 Å². The molecule has 0 spiro atoms. The smallest absolute Gasteiger partial charge is 0.337 e. The van der Waals surface area contributed by atoms with Gasteiger partial charge < -0.3 is 9.52 Å². The van der Waals surface area contributed by atoms with Crippen molar-refractivity contribution in [2.75, 3.05) is 0 Å². The molecule has 0 aliphatic heterocycles. The zero-order valence-electron chi connectivity index (χ0n) is 10.8. The summed E-state index contributed by atoms with van der Waals surface area (Å²) in [5.41, 5.74) is 0.287. The molecule has 2 rings (SSSR count). The zero-order valence-corrected chi connectivity index (χ0v) is 12.4. The van der Waals surface area contributed by atoms with Gasteiger partial charge >= 0.3 is 5.97 Å². The highest BCUT2D eigenvalue weighted by atomic mass is 35.5. The lowest BCUT2D eigenvalue weighted by atomic mass is 10.2. The number of halogens is 1. The molecule has 1 aromatic heterocycles. The molecule has 0 unspecified atom stereocenters. The monoisotopic (exact) mass is 330 g/mol. The average Bonchev–Trinajstić information content (AvgIpc) is 2.82. The van der Waals surface area contributed by atoms with Crippen molar-refractivity contribution in [2.45, 2.75) is 18.4 Å². The lowest BCUT2D eigenvalue weighted by molar-refractivity contribution is 0.0697. The van der Waals surface area contributed by atoms with Crippen molar-refractivity contribution in [3.63, 3.8) is 0 Å². The predicted molar refractivity (Wildman–Crippen MR) is 73.7 cm³/mol. The third kappa shape index (κ3) is 3.41. The van der Waals surface area contributed by atoms with Gasteiger partial charge in [0.25, 0.3) is 0 Å². The number of carboxylic acids is 1. The minimum absolute atomic E-state index is 0.0347. The first-order valence-electron chi connectivity index (χ1n) is 5.73. The maximum absolute atomic E-state index is 12.1. The minimum atomic E-state index is -3.89. The van der Waals surface area contributed by atoms with Gasteiger partial charge in [-0.2, -0.15) is 0 Å². The highest BCUT2D eigenvalue weighted by Gasteiger charge is 2.19. The Morgan fingerprint density at radius 1 is 1.48 bits per heavy atom. The van der Waals surface area contributed by atoms with E-state index in [0.29, 0.717) is 11.5 Å². The van der Waals surface area contributed by atoms with Crippen LogP contribution in [0.4, 0.5) is 0 Å². The Bertz CT molecular complexity index is 785. The summed E-state index contributed by atoms with van der Waals surface area (Å²) in [6.07, 6.45) is 1.21. The highest BCUT2D eigenvalue weighted by molar-refractivity contribution is 7.89. The van der Waals surface area contributed by atoms with Gasteiger partial charge in [0.05, 0.1) is 27.7 Å². The van der Waals surface area contributed by atoms with Gasteiger partial charge in [-0.3, -0.25) is 0 Å². The third-order valence-electron chi connectivity index (χ3n) is 2.75. The van der Waals surface area contributed by atoms with Crippen molar-refractivity contribution in [1.29, 1.82) is 0 Å². The van der Waals surface area contributed by atoms with Gasteiger partial charge in [0.15, 0.2) is 6.39 Å². The fraction of sp³-hybridized carbons (Fsp3) is 0.167. The molecule has 1 heterocycles. The molecule has 0 saturated carbocycles. The molecular formula is C12H11ClN2O5S. The van der Waals surface area contributed by atoms with Crippen LogP contribution in [0, 0.1) is 6.92 Å². The molecule has 7 nitrogen and oxygen atoms in total. The Balaban J connectivity index is 2.26. The van der Waals surface area contributed by atoms with Gasteiger partial charge in [-0.15, -0.1) is 0 Å². The topological polar surface area (TPSA) is 110 Å². The van der Waals surface area contributed by atoms with Crippen LogP contribution in [0.5, 0.6) is 0 Å². The van der Waals surface area contributed by atoms with E-state index in [2.05, 4.69) is 9.71 Å². The lowest BCUT2D eigenvalue weighted by Gasteiger charge is -2.07. The Morgan fingerprint density at radius 3 is 2.76 bits per heavy atom. The molecule has 0 saturated heterocycles. The number of aryl methyl sites for hydroxylation is 1. The summed E-state index contributed by atoms with van der Waals surface area (Å²) in [6.45, 7) is 1.59. The molecule has 0 amide bonds. The summed E-state index contributed by atoms with van der Waals surface area (Å²) in [5.74, 6) is -0.922. The van der Waals surface area contributed by atoms with Gasteiger partial charge in [0, 0.05) is 0 Å². The first kappa shape index (κ1) is 15.5. The highest BCUT2D eigenvalue weighted by Crippen LogP contribution is 2.20. The quantitative estimate of drug-likeness (QED) is 0.865. The second-order valence-electron chi connectivity index (χ2n) is 4.13. The standard InChI is InChI=1S/C12H11ClN2O5S/c1-7-11(20-6-14-7)5-15-21(18,19)8-2-3-10(13)9(4-8)12(16)17/h2-4,6,15H,5H2,1H3,(H,16,17). The maximum atomic E-state index is 12.1. The first-order chi connectivity index (χ1) is 9.81. The minimum Gasteiger partial charge on any atom is -0.478 e. The summed E-state index contributed by atoms with van der Waals surface area (Å²) in [5, 5.41) is 8.91. The number of sulfonamides is 1. The van der Waals surface area contributed by atoms with Crippen LogP contribution in [0.1, 0.15) is 21.8 Å². The van der Waals surface area contributed by atoms with E-state index in [1.165, 1.54) is 18.5 Å². The molecule has 2 aromatic rings. The Hall–Kier alpha value is -1.90. The van der Waals surface area contributed by atoms with Crippen LogP contribution in [-0.4, -0.2) is 24.5 Å². The summed E-state index contributed by atoms with van der Waals surface area (Å²) < 4.78 is 31.6. The summed E-state index contributed by atoms with van der Waals surface area (Å²) in [7, 11) is -3.89. The van der Waals surface area contributed by atoms with Crippen molar-refractivity contribution < 1.29 is 22.7 Å². The van der Waals surface area contributed by atoms with Crippen LogP contribution in [0.3, 0.4) is 0 Å². The van der Waals surface area contributed by atoms with E-state index < -0.39 is 16.0 Å². The van der Waals surface area contributed by atoms with E-state index in [4.69, 9.17) is 21.1 Å². The molecule has 2 N–H and O–H groups in total. The summed E-state index contributed by atoms with van der Waals surface area (Å²) >= 11 is 5.70. The van der Waals surface area contributed by atoms with Crippen molar-refractivity contribution >= 4 is 27.6 Å². The molecule has 0 aliphatic rings. The number of carboxylic acid groups (broad SMARTS) is 1. The largest absolute Gasteiger partial charge is 0.478 e. The van der Waals surface area contributed by atoms with Gasteiger partial charge in [-0.25, -0.2) is 22.9 Å². The average molecular weight is 331 g/mol. The number of rotatable bonds is 5. The van der Waals surface area contributed by atoms with E-state index in [1.54, 1.807) is 6.92 Å². The number of oxazole rings is 1. The normalized spacial score (nSPS) is 11.5. The van der Waals surface area contributed by atoms with Crippen LogP contribution in [0.2, 0.25) is 5.02 Å². The lowest BCUT2D eigenvalue weighted by Crippen LogP contribution is -2.23. The molecule has 21 heavy (non-hydrogen) atoms. The zero-order chi connectivity index (χ0) is 15.6. The SMILES string of the molecule is Cc1ncoc1CNS(=O)(=O)c1ccc(Cl)c(C(=O)O)c1. The first-order valence-corrected chi connectivity index (χ1v) is 7.59. The van der Waals surface area contributed by atoms with Crippen molar-refractivity contribution in [1.82, 2.24) is 9.71 Å². The fourth-order valence-corrected chi connectivity index (χ4v) is 2.78. The number of benzene rings is 1. The number of carbonyl (C=O) groups is 1. The molecule has 9 heteroatoms. The number of hydrogen-bond acceptors (Lipinski definition) is 5. The molecule has 112 valence electrons. The van der Waals surface area contributed by atoms with Gasteiger partial charge in [0.2, 0.25) is 10.0 Å². The van der Waals surface area contributed by atoms with E-state index in [0.717, 1.165) is 6.07 Å². The molecule has 0 aliphatic carbocycles. The molecule has 0 bridgehead atoms. The van der Waals surface area contributed by atoms with E-state index in [9.17, 15) is 13.2 Å². The van der Waals surface area contributed by atoms with Crippen molar-refractivity contribution in [2.24, 2.45) is 0 Å². The van der Waals surface area contributed by atoms with E-state index >= 15 is 0 Å². The Kier molecular flexibility index (Phi) is 4.31. The number of hydrogen-bond donors (Lipinski definition) is 2. The second kappa shape index (κ2) is 5.84. The Morgan fingerprint density at radius 2 is 2.19 bits per heavy atom. The van der Waals surface area contributed by atoms with E-state index in [1.807, 2.05) is 0 Å². The number of aromatic nitrogens is 1. The summed E-state index contributed by atoms with van der Waals surface area (Å²) in [6, 6.07) is 3.45. The van der Waals surface area contributed by atoms with Crippen LogP contribution in [-0.2, 0) is 16.6 Å². The second-order valence-corrected chi connectivity index (χ2v) is 6.31.